The molecule has 4 nitrogen and oxygen atoms in total. The van der Waals surface area contributed by atoms with E-state index in [-0.39, 0.29) is 5.91 Å². The van der Waals surface area contributed by atoms with Crippen LogP contribution in [0.2, 0.25) is 15.1 Å². The summed E-state index contributed by atoms with van der Waals surface area (Å²) in [5.74, 6) is 0.303. The highest BCUT2D eigenvalue weighted by molar-refractivity contribution is 7.21. The molecule has 3 aromatic carbocycles. The molecule has 154 valence electrons. The number of carbonyl (C=O) groups excluding carboxylic acids is 1. The van der Waals surface area contributed by atoms with Crippen LogP contribution < -0.4 is 5.32 Å². The van der Waals surface area contributed by atoms with Crippen LogP contribution in [-0.4, -0.2) is 10.9 Å². The Morgan fingerprint density at radius 1 is 0.968 bits per heavy atom. The van der Waals surface area contributed by atoms with Gasteiger partial charge in [0.25, 0.3) is 5.91 Å². The lowest BCUT2D eigenvalue weighted by atomic mass is 10.1. The van der Waals surface area contributed by atoms with Gasteiger partial charge in [0, 0.05) is 32.2 Å². The number of hydrogen-bond donors (Lipinski definition) is 1. The molecular weight excluding hydrogens is 475 g/mol. The van der Waals surface area contributed by atoms with Gasteiger partial charge in [0.15, 0.2) is 11.5 Å². The number of anilines is 1. The quantitative estimate of drug-likeness (QED) is 0.281. The van der Waals surface area contributed by atoms with E-state index >= 15 is 0 Å². The lowest BCUT2D eigenvalue weighted by Crippen LogP contribution is -2.10. The molecular formula is C23H13Cl3N2O2S. The van der Waals surface area contributed by atoms with Crippen LogP contribution in [0.25, 0.3) is 21.2 Å². The Morgan fingerprint density at radius 3 is 2.55 bits per heavy atom. The highest BCUT2D eigenvalue weighted by atomic mass is 35.5. The number of fused-ring (bicyclic) bond motifs is 2. The van der Waals surface area contributed by atoms with Crippen LogP contribution in [0, 0.1) is 0 Å². The number of aromatic nitrogens is 1. The standard InChI is InChI=1S/C23H13Cl3N2O2S/c24-13-3-1-12(2-4-13)9-20-28-17-11-15(6-8-18(17)30-20)27-23(29)22-21(26)16-7-5-14(25)10-19(16)31-22/h1-8,10-11H,9H2,(H,27,29). The second-order valence-electron chi connectivity index (χ2n) is 6.93. The SMILES string of the molecule is O=C(Nc1ccc2oc(Cc3ccc(Cl)cc3)nc2c1)c1sc2cc(Cl)ccc2c1Cl. The molecule has 8 heteroatoms. The number of nitrogens with zero attached hydrogens (tertiary/aromatic N) is 1. The molecule has 0 aliphatic carbocycles. The highest BCUT2D eigenvalue weighted by Gasteiger charge is 2.18. The van der Waals surface area contributed by atoms with Crippen molar-refractivity contribution in [2.45, 2.75) is 6.42 Å². The summed E-state index contributed by atoms with van der Waals surface area (Å²) in [6.45, 7) is 0. The molecule has 0 spiro atoms. The van der Waals surface area contributed by atoms with Gasteiger partial charge in [0.2, 0.25) is 0 Å². The first-order valence-corrected chi connectivity index (χ1v) is 11.2. The fraction of sp³-hybridized carbons (Fsp3) is 0.0435. The molecule has 2 heterocycles. The Kier molecular flexibility index (Phi) is 5.36. The van der Waals surface area contributed by atoms with E-state index in [1.807, 2.05) is 30.3 Å². The smallest absolute Gasteiger partial charge is 0.267 e. The summed E-state index contributed by atoms with van der Waals surface area (Å²) >= 11 is 19.7. The summed E-state index contributed by atoms with van der Waals surface area (Å²) in [4.78, 5) is 17.8. The minimum absolute atomic E-state index is 0.286. The average Bonchev–Trinajstić information content (AvgIpc) is 3.29. The summed E-state index contributed by atoms with van der Waals surface area (Å²) in [5, 5.41) is 5.40. The van der Waals surface area contributed by atoms with E-state index in [2.05, 4.69) is 10.3 Å². The Hall–Kier alpha value is -2.57. The van der Waals surface area contributed by atoms with Crippen molar-refractivity contribution in [1.29, 1.82) is 0 Å². The molecule has 5 aromatic rings. The van der Waals surface area contributed by atoms with Crippen molar-refractivity contribution >= 4 is 78.9 Å². The highest BCUT2D eigenvalue weighted by Crippen LogP contribution is 2.37. The van der Waals surface area contributed by atoms with Crippen molar-refractivity contribution in [1.82, 2.24) is 4.98 Å². The van der Waals surface area contributed by atoms with Gasteiger partial charge in [-0.3, -0.25) is 4.79 Å². The summed E-state index contributed by atoms with van der Waals surface area (Å²) in [5.41, 5.74) is 2.96. The van der Waals surface area contributed by atoms with Gasteiger partial charge >= 0.3 is 0 Å². The number of nitrogens with one attached hydrogen (secondary N) is 1. The second-order valence-corrected chi connectivity index (χ2v) is 9.24. The fourth-order valence-electron chi connectivity index (χ4n) is 3.28. The van der Waals surface area contributed by atoms with E-state index in [1.165, 1.54) is 11.3 Å². The molecule has 2 aromatic heterocycles. The maximum atomic E-state index is 12.8. The van der Waals surface area contributed by atoms with Crippen LogP contribution >= 0.6 is 46.1 Å². The van der Waals surface area contributed by atoms with Crippen molar-refractivity contribution in [3.05, 3.63) is 92.1 Å². The van der Waals surface area contributed by atoms with Crippen molar-refractivity contribution in [3.8, 4) is 0 Å². The van der Waals surface area contributed by atoms with Crippen LogP contribution in [0.5, 0.6) is 0 Å². The van der Waals surface area contributed by atoms with Crippen molar-refractivity contribution in [2.75, 3.05) is 5.32 Å². The molecule has 0 aliphatic heterocycles. The van der Waals surface area contributed by atoms with E-state index in [4.69, 9.17) is 39.2 Å². The molecule has 0 aliphatic rings. The normalized spacial score (nSPS) is 11.3. The summed E-state index contributed by atoms with van der Waals surface area (Å²) in [6.07, 6.45) is 0.549. The monoisotopic (exact) mass is 486 g/mol. The van der Waals surface area contributed by atoms with Crippen LogP contribution in [0.15, 0.2) is 65.1 Å². The molecule has 1 N–H and O–H groups in total. The zero-order valence-electron chi connectivity index (χ0n) is 15.8. The number of halogens is 3. The minimum Gasteiger partial charge on any atom is -0.440 e. The Morgan fingerprint density at radius 2 is 1.74 bits per heavy atom. The zero-order valence-corrected chi connectivity index (χ0v) is 18.9. The number of carbonyl (C=O) groups is 1. The number of rotatable bonds is 4. The number of oxazole rings is 1. The first-order chi connectivity index (χ1) is 15.0. The maximum absolute atomic E-state index is 12.8. The predicted molar refractivity (Wildman–Crippen MR) is 128 cm³/mol. The molecule has 0 bridgehead atoms. The second kappa shape index (κ2) is 8.17. The molecule has 0 saturated heterocycles. The molecule has 0 saturated carbocycles. The Bertz CT molecular complexity index is 1440. The maximum Gasteiger partial charge on any atom is 0.267 e. The van der Waals surface area contributed by atoms with E-state index in [9.17, 15) is 4.79 Å². The third-order valence-corrected chi connectivity index (χ3v) is 6.90. The van der Waals surface area contributed by atoms with Crippen LogP contribution in [0.3, 0.4) is 0 Å². The number of thiophene rings is 1. The Labute approximate surface area is 196 Å². The van der Waals surface area contributed by atoms with Gasteiger partial charge in [-0.1, -0.05) is 53.0 Å². The predicted octanol–water partition coefficient (Wildman–Crippen LogP) is 7.85. The van der Waals surface area contributed by atoms with E-state index < -0.39 is 0 Å². The van der Waals surface area contributed by atoms with Crippen molar-refractivity contribution in [3.63, 3.8) is 0 Å². The zero-order chi connectivity index (χ0) is 21.5. The third-order valence-electron chi connectivity index (χ3n) is 4.76. The van der Waals surface area contributed by atoms with Crippen molar-refractivity contribution in [2.24, 2.45) is 0 Å². The number of amides is 1. The molecule has 1 amide bonds. The number of benzene rings is 3. The van der Waals surface area contributed by atoms with Crippen molar-refractivity contribution < 1.29 is 9.21 Å². The van der Waals surface area contributed by atoms with Gasteiger partial charge in [-0.25, -0.2) is 4.98 Å². The van der Waals surface area contributed by atoms with Gasteiger partial charge in [-0.15, -0.1) is 11.3 Å². The van der Waals surface area contributed by atoms with Gasteiger partial charge in [-0.05, 0) is 48.0 Å². The van der Waals surface area contributed by atoms with Gasteiger partial charge in [-0.2, -0.15) is 0 Å². The van der Waals surface area contributed by atoms with E-state index in [1.54, 1.807) is 30.3 Å². The fourth-order valence-corrected chi connectivity index (χ4v) is 5.09. The minimum atomic E-state index is -0.286. The molecule has 5 rings (SSSR count). The summed E-state index contributed by atoms with van der Waals surface area (Å²) < 4.78 is 6.69. The molecule has 31 heavy (non-hydrogen) atoms. The van der Waals surface area contributed by atoms with Crippen LogP contribution in [0.1, 0.15) is 21.1 Å². The largest absolute Gasteiger partial charge is 0.440 e. The van der Waals surface area contributed by atoms with Gasteiger partial charge < -0.3 is 9.73 Å². The summed E-state index contributed by atoms with van der Waals surface area (Å²) in [6, 6.07) is 18.2. The topological polar surface area (TPSA) is 55.1 Å². The van der Waals surface area contributed by atoms with Gasteiger partial charge in [0.1, 0.15) is 10.4 Å². The van der Waals surface area contributed by atoms with E-state index in [0.717, 1.165) is 15.6 Å². The number of hydrogen-bond acceptors (Lipinski definition) is 4. The van der Waals surface area contributed by atoms with Crippen LogP contribution in [0.4, 0.5) is 5.69 Å². The average molecular weight is 488 g/mol. The lowest BCUT2D eigenvalue weighted by molar-refractivity contribution is 0.103. The van der Waals surface area contributed by atoms with Gasteiger partial charge in [0.05, 0.1) is 5.02 Å². The lowest BCUT2D eigenvalue weighted by Gasteiger charge is -2.03. The van der Waals surface area contributed by atoms with E-state index in [0.29, 0.717) is 49.0 Å². The first kappa shape index (κ1) is 20.3. The van der Waals surface area contributed by atoms with Crippen LogP contribution in [-0.2, 0) is 6.42 Å². The first-order valence-electron chi connectivity index (χ1n) is 9.29. The molecule has 0 radical (unpaired) electrons. The molecule has 0 unspecified atom stereocenters. The summed E-state index contributed by atoms with van der Waals surface area (Å²) in [7, 11) is 0. The molecule has 0 fully saturated rings. The Balaban J connectivity index is 1.38. The molecule has 0 atom stereocenters. The third kappa shape index (κ3) is 4.14.